The van der Waals surface area contributed by atoms with Crippen molar-refractivity contribution in [2.45, 2.75) is 31.8 Å². The number of rotatable bonds is 6. The zero-order valence-electron chi connectivity index (χ0n) is 11.6. The summed E-state index contributed by atoms with van der Waals surface area (Å²) >= 11 is 0. The molecule has 1 aliphatic carbocycles. The van der Waals surface area contributed by atoms with Gasteiger partial charge in [0.25, 0.3) is 0 Å². The number of carbonyl (C=O) groups is 1. The van der Waals surface area contributed by atoms with Crippen LogP contribution >= 0.6 is 0 Å². The second kappa shape index (κ2) is 5.77. The van der Waals surface area contributed by atoms with Gasteiger partial charge >= 0.3 is 5.97 Å². The van der Waals surface area contributed by atoms with E-state index >= 15 is 0 Å². The molecule has 1 aliphatic rings. The predicted molar refractivity (Wildman–Crippen MR) is 77.4 cm³/mol. The molecule has 1 aromatic heterocycles. The number of hydrogen-bond acceptors (Lipinski definition) is 3. The van der Waals surface area contributed by atoms with Crippen molar-refractivity contribution < 1.29 is 14.3 Å². The molecule has 0 bridgehead atoms. The molecule has 1 N–H and O–H groups in total. The largest absolute Gasteiger partial charge is 0.481 e. The number of carboxylic acid groups (broad SMARTS) is 1. The van der Waals surface area contributed by atoms with Gasteiger partial charge in [0.05, 0.1) is 11.9 Å². The van der Waals surface area contributed by atoms with Crippen LogP contribution in [0.4, 0.5) is 4.39 Å². The van der Waals surface area contributed by atoms with Gasteiger partial charge in [-0.15, -0.1) is 0 Å². The van der Waals surface area contributed by atoms with Gasteiger partial charge in [0.15, 0.2) is 0 Å². The van der Waals surface area contributed by atoms with Gasteiger partial charge in [0.2, 0.25) is 0 Å². The topological polar surface area (TPSA) is 53.4 Å². The fraction of sp³-hybridized carbons (Fsp3) is 0.375. The molecule has 1 fully saturated rings. The first-order chi connectivity index (χ1) is 10.1. The summed E-state index contributed by atoms with van der Waals surface area (Å²) in [5.41, 5.74) is 1.61. The summed E-state index contributed by atoms with van der Waals surface area (Å²) < 4.78 is 13.7. The van der Waals surface area contributed by atoms with Gasteiger partial charge in [-0.2, -0.15) is 0 Å². The molecule has 0 atom stereocenters. The van der Waals surface area contributed by atoms with Crippen molar-refractivity contribution in [3.05, 3.63) is 41.8 Å². The number of hydrogen-bond donors (Lipinski definition) is 1. The standard InChI is InChI=1S/C16H17FN2O2/c17-13-8-11-2-1-6-18-16(11)12(9-13)10-19(14-3-4-14)7-5-15(20)21/h1-2,6,8-9,14H,3-5,7,10H2,(H,20,21). The summed E-state index contributed by atoms with van der Waals surface area (Å²) in [6.45, 7) is 1.04. The molecule has 5 heteroatoms. The van der Waals surface area contributed by atoms with Gasteiger partial charge in [-0.1, -0.05) is 6.07 Å². The van der Waals surface area contributed by atoms with E-state index in [2.05, 4.69) is 9.88 Å². The number of halogens is 1. The summed E-state index contributed by atoms with van der Waals surface area (Å²) in [6, 6.07) is 7.03. The lowest BCUT2D eigenvalue weighted by Gasteiger charge is -2.21. The van der Waals surface area contributed by atoms with Crippen LogP contribution in [0.25, 0.3) is 10.9 Å². The molecule has 0 unspecified atom stereocenters. The number of aliphatic carboxylic acids is 1. The summed E-state index contributed by atoms with van der Waals surface area (Å²) in [5, 5.41) is 9.63. The van der Waals surface area contributed by atoms with E-state index in [9.17, 15) is 9.18 Å². The minimum Gasteiger partial charge on any atom is -0.481 e. The Balaban J connectivity index is 1.86. The maximum absolute atomic E-state index is 13.7. The number of benzene rings is 1. The van der Waals surface area contributed by atoms with Crippen LogP contribution in [0.3, 0.4) is 0 Å². The molecular weight excluding hydrogens is 271 g/mol. The molecule has 110 valence electrons. The third kappa shape index (κ3) is 3.36. The minimum absolute atomic E-state index is 0.108. The van der Waals surface area contributed by atoms with Crippen LogP contribution in [-0.4, -0.2) is 33.5 Å². The molecular formula is C16H17FN2O2. The smallest absolute Gasteiger partial charge is 0.304 e. The average molecular weight is 288 g/mol. The van der Waals surface area contributed by atoms with Gasteiger partial charge < -0.3 is 5.11 Å². The lowest BCUT2D eigenvalue weighted by molar-refractivity contribution is -0.137. The van der Waals surface area contributed by atoms with Gasteiger partial charge in [-0.05, 0) is 36.6 Å². The van der Waals surface area contributed by atoms with Gasteiger partial charge in [0.1, 0.15) is 5.82 Å². The van der Waals surface area contributed by atoms with Crippen molar-refractivity contribution in [1.82, 2.24) is 9.88 Å². The minimum atomic E-state index is -0.803. The summed E-state index contributed by atoms with van der Waals surface area (Å²) in [6.07, 6.45) is 3.97. The zero-order valence-corrected chi connectivity index (χ0v) is 11.6. The van der Waals surface area contributed by atoms with E-state index in [0.29, 0.717) is 19.1 Å². The molecule has 0 spiro atoms. The fourth-order valence-corrected chi connectivity index (χ4v) is 2.64. The Morgan fingerprint density at radius 3 is 2.95 bits per heavy atom. The molecule has 0 saturated heterocycles. The highest BCUT2D eigenvalue weighted by molar-refractivity contribution is 5.81. The highest BCUT2D eigenvalue weighted by atomic mass is 19.1. The third-order valence-corrected chi connectivity index (χ3v) is 3.80. The third-order valence-electron chi connectivity index (χ3n) is 3.80. The quantitative estimate of drug-likeness (QED) is 0.888. The normalized spacial score (nSPS) is 14.8. The Morgan fingerprint density at radius 1 is 1.43 bits per heavy atom. The molecule has 1 aromatic carbocycles. The number of pyridine rings is 1. The average Bonchev–Trinajstić information content (AvgIpc) is 3.27. The Morgan fingerprint density at radius 2 is 2.24 bits per heavy atom. The molecule has 4 nitrogen and oxygen atoms in total. The van der Waals surface area contributed by atoms with Gasteiger partial charge in [-0.25, -0.2) is 4.39 Å². The van der Waals surface area contributed by atoms with Gasteiger partial charge in [-0.3, -0.25) is 14.7 Å². The van der Waals surface area contributed by atoms with Crippen molar-refractivity contribution >= 4 is 16.9 Å². The first-order valence-corrected chi connectivity index (χ1v) is 7.12. The molecule has 0 radical (unpaired) electrons. The maximum Gasteiger partial charge on any atom is 0.304 e. The second-order valence-electron chi connectivity index (χ2n) is 5.49. The van der Waals surface area contributed by atoms with Crippen LogP contribution in [0.5, 0.6) is 0 Å². The van der Waals surface area contributed by atoms with E-state index in [0.717, 1.165) is 29.3 Å². The summed E-state index contributed by atoms with van der Waals surface area (Å²) in [5.74, 6) is -1.08. The van der Waals surface area contributed by atoms with Crippen molar-refractivity contribution in [3.8, 4) is 0 Å². The van der Waals surface area contributed by atoms with E-state index in [1.165, 1.54) is 12.1 Å². The van der Waals surface area contributed by atoms with Crippen molar-refractivity contribution in [2.75, 3.05) is 6.54 Å². The lowest BCUT2D eigenvalue weighted by atomic mass is 10.1. The van der Waals surface area contributed by atoms with E-state index in [4.69, 9.17) is 5.11 Å². The molecule has 2 aromatic rings. The van der Waals surface area contributed by atoms with Crippen LogP contribution in [-0.2, 0) is 11.3 Å². The Bertz CT molecular complexity index is 670. The van der Waals surface area contributed by atoms with Crippen LogP contribution in [0.2, 0.25) is 0 Å². The molecule has 1 saturated carbocycles. The highest BCUT2D eigenvalue weighted by Crippen LogP contribution is 2.30. The Hall–Kier alpha value is -2.01. The molecule has 21 heavy (non-hydrogen) atoms. The molecule has 1 heterocycles. The number of carboxylic acids is 1. The van der Waals surface area contributed by atoms with E-state index in [1.54, 1.807) is 12.3 Å². The van der Waals surface area contributed by atoms with E-state index in [1.807, 2.05) is 6.07 Å². The fourth-order valence-electron chi connectivity index (χ4n) is 2.64. The van der Waals surface area contributed by atoms with Crippen LogP contribution < -0.4 is 0 Å². The van der Waals surface area contributed by atoms with Crippen molar-refractivity contribution in [1.29, 1.82) is 0 Å². The number of fused-ring (bicyclic) bond motifs is 1. The number of nitrogens with zero attached hydrogens (tertiary/aromatic N) is 2. The SMILES string of the molecule is O=C(O)CCN(Cc1cc(F)cc2cccnc12)C1CC1. The van der Waals surface area contributed by atoms with Gasteiger partial charge in [0, 0.05) is 30.7 Å². The Labute approximate surface area is 122 Å². The van der Waals surface area contributed by atoms with Crippen LogP contribution in [0.15, 0.2) is 30.5 Å². The highest BCUT2D eigenvalue weighted by Gasteiger charge is 2.29. The molecule has 0 amide bonds. The Kier molecular flexibility index (Phi) is 3.84. The van der Waals surface area contributed by atoms with Crippen molar-refractivity contribution in [2.24, 2.45) is 0 Å². The van der Waals surface area contributed by atoms with Crippen molar-refractivity contribution in [3.63, 3.8) is 0 Å². The predicted octanol–water partition coefficient (Wildman–Crippen LogP) is 2.81. The van der Waals surface area contributed by atoms with E-state index in [-0.39, 0.29) is 12.2 Å². The first-order valence-electron chi connectivity index (χ1n) is 7.12. The first kappa shape index (κ1) is 13.9. The molecule has 0 aliphatic heterocycles. The van der Waals surface area contributed by atoms with E-state index < -0.39 is 5.97 Å². The number of aromatic nitrogens is 1. The lowest BCUT2D eigenvalue weighted by Crippen LogP contribution is -2.28. The maximum atomic E-state index is 13.7. The second-order valence-corrected chi connectivity index (χ2v) is 5.49. The molecule has 3 rings (SSSR count). The van der Waals surface area contributed by atoms with Crippen LogP contribution in [0.1, 0.15) is 24.8 Å². The zero-order chi connectivity index (χ0) is 14.8. The van der Waals surface area contributed by atoms with Crippen LogP contribution in [0, 0.1) is 5.82 Å². The summed E-state index contributed by atoms with van der Waals surface area (Å²) in [4.78, 5) is 17.2. The monoisotopic (exact) mass is 288 g/mol. The summed E-state index contributed by atoms with van der Waals surface area (Å²) in [7, 11) is 0.